The number of rotatable bonds is 3. The van der Waals surface area contributed by atoms with Crippen LogP contribution in [0.25, 0.3) is 0 Å². The first kappa shape index (κ1) is 8.68. The van der Waals surface area contributed by atoms with Gasteiger partial charge in [0.25, 0.3) is 0 Å². The average molecular weight is 189 g/mol. The van der Waals surface area contributed by atoms with Crippen molar-refractivity contribution in [1.82, 2.24) is 20.0 Å². The van der Waals surface area contributed by atoms with Gasteiger partial charge in [-0.05, 0) is 19.1 Å². The lowest BCUT2D eigenvalue weighted by molar-refractivity contribution is 0.660. The zero-order valence-electron chi connectivity index (χ0n) is 7.88. The fraction of sp³-hybridized carbons (Fsp3) is 0.222. The van der Waals surface area contributed by atoms with Crippen LogP contribution in [0.4, 0.5) is 11.5 Å². The quantitative estimate of drug-likeness (QED) is 0.793. The first-order chi connectivity index (χ1) is 6.88. The molecule has 0 atom stereocenters. The zero-order chi connectivity index (χ0) is 9.80. The average Bonchev–Trinajstić information content (AvgIpc) is 2.67. The molecule has 0 aromatic carbocycles. The molecule has 0 saturated carbocycles. The summed E-state index contributed by atoms with van der Waals surface area (Å²) >= 11 is 0. The molecule has 14 heavy (non-hydrogen) atoms. The molecule has 0 spiro atoms. The first-order valence-corrected chi connectivity index (χ1v) is 4.45. The van der Waals surface area contributed by atoms with E-state index in [1.165, 1.54) is 0 Å². The van der Waals surface area contributed by atoms with Crippen molar-refractivity contribution in [2.24, 2.45) is 0 Å². The Kier molecular flexibility index (Phi) is 2.40. The number of hydrogen-bond donors (Lipinski definition) is 1. The summed E-state index contributed by atoms with van der Waals surface area (Å²) in [7, 11) is 0. The molecule has 0 aliphatic rings. The van der Waals surface area contributed by atoms with Gasteiger partial charge in [0.15, 0.2) is 5.82 Å². The highest BCUT2D eigenvalue weighted by molar-refractivity contribution is 5.52. The minimum absolute atomic E-state index is 0.725. The molecule has 2 aromatic heterocycles. The highest BCUT2D eigenvalue weighted by atomic mass is 15.3. The normalized spacial score (nSPS) is 10.1. The summed E-state index contributed by atoms with van der Waals surface area (Å²) in [5.74, 6) is 0.725. The van der Waals surface area contributed by atoms with Gasteiger partial charge in [0.05, 0.1) is 11.9 Å². The van der Waals surface area contributed by atoms with Gasteiger partial charge in [-0.15, -0.1) is 5.10 Å². The SMILES string of the molecule is CCn1cc(Nc2cccnn2)cn1. The molecule has 2 aromatic rings. The molecular weight excluding hydrogens is 178 g/mol. The molecule has 0 radical (unpaired) electrons. The van der Waals surface area contributed by atoms with Crippen LogP contribution in [0.5, 0.6) is 0 Å². The van der Waals surface area contributed by atoms with Crippen molar-refractivity contribution in [3.8, 4) is 0 Å². The first-order valence-electron chi connectivity index (χ1n) is 4.45. The lowest BCUT2D eigenvalue weighted by Crippen LogP contribution is -1.94. The smallest absolute Gasteiger partial charge is 0.153 e. The van der Waals surface area contributed by atoms with Crippen molar-refractivity contribution in [2.45, 2.75) is 13.5 Å². The summed E-state index contributed by atoms with van der Waals surface area (Å²) < 4.78 is 1.85. The third-order valence-electron chi connectivity index (χ3n) is 1.80. The van der Waals surface area contributed by atoms with E-state index in [1.54, 1.807) is 12.4 Å². The summed E-state index contributed by atoms with van der Waals surface area (Å²) in [4.78, 5) is 0. The predicted molar refractivity (Wildman–Crippen MR) is 53.2 cm³/mol. The van der Waals surface area contributed by atoms with E-state index in [4.69, 9.17) is 0 Å². The van der Waals surface area contributed by atoms with Gasteiger partial charge in [-0.25, -0.2) is 0 Å². The molecule has 2 heterocycles. The summed E-state index contributed by atoms with van der Waals surface area (Å²) in [5, 5.41) is 14.9. The van der Waals surface area contributed by atoms with Gasteiger partial charge in [-0.1, -0.05) is 0 Å². The Bertz CT molecular complexity index is 395. The molecule has 1 N–H and O–H groups in total. The monoisotopic (exact) mass is 189 g/mol. The van der Waals surface area contributed by atoms with Crippen LogP contribution in [-0.2, 0) is 6.54 Å². The van der Waals surface area contributed by atoms with Crippen molar-refractivity contribution in [3.63, 3.8) is 0 Å². The molecule has 0 amide bonds. The maximum absolute atomic E-state index is 4.14. The number of aromatic nitrogens is 4. The van der Waals surface area contributed by atoms with E-state index in [-0.39, 0.29) is 0 Å². The zero-order valence-corrected chi connectivity index (χ0v) is 7.88. The molecule has 5 heteroatoms. The van der Waals surface area contributed by atoms with E-state index in [1.807, 2.05) is 29.9 Å². The van der Waals surface area contributed by atoms with E-state index in [2.05, 4.69) is 20.6 Å². The van der Waals surface area contributed by atoms with Gasteiger partial charge in [-0.3, -0.25) is 4.68 Å². The van der Waals surface area contributed by atoms with Crippen LogP contribution in [0.2, 0.25) is 0 Å². The fourth-order valence-corrected chi connectivity index (χ4v) is 1.12. The van der Waals surface area contributed by atoms with Gasteiger partial charge >= 0.3 is 0 Å². The van der Waals surface area contributed by atoms with Crippen LogP contribution in [0.1, 0.15) is 6.92 Å². The lowest BCUT2D eigenvalue weighted by atomic mass is 10.5. The Morgan fingerprint density at radius 3 is 3.07 bits per heavy atom. The minimum Gasteiger partial charge on any atom is -0.336 e. The topological polar surface area (TPSA) is 55.6 Å². The van der Waals surface area contributed by atoms with Crippen LogP contribution < -0.4 is 5.32 Å². The van der Waals surface area contributed by atoms with E-state index < -0.39 is 0 Å². The van der Waals surface area contributed by atoms with E-state index in [0.29, 0.717) is 0 Å². The second-order valence-corrected chi connectivity index (χ2v) is 2.82. The molecule has 0 bridgehead atoms. The number of anilines is 2. The van der Waals surface area contributed by atoms with E-state index >= 15 is 0 Å². The van der Waals surface area contributed by atoms with E-state index in [9.17, 15) is 0 Å². The summed E-state index contributed by atoms with van der Waals surface area (Å²) in [6.07, 6.45) is 5.33. The van der Waals surface area contributed by atoms with Crippen molar-refractivity contribution < 1.29 is 0 Å². The summed E-state index contributed by atoms with van der Waals surface area (Å²) in [5.41, 5.74) is 0.923. The molecular formula is C9H11N5. The molecule has 5 nitrogen and oxygen atoms in total. The van der Waals surface area contributed by atoms with Crippen molar-refractivity contribution >= 4 is 11.5 Å². The minimum atomic E-state index is 0.725. The highest BCUT2D eigenvalue weighted by Crippen LogP contribution is 2.11. The number of hydrogen-bond acceptors (Lipinski definition) is 4. The summed E-state index contributed by atoms with van der Waals surface area (Å²) in [6.45, 7) is 2.90. The molecule has 72 valence electrons. The van der Waals surface area contributed by atoms with Crippen LogP contribution in [-0.4, -0.2) is 20.0 Å². The van der Waals surface area contributed by atoms with Crippen molar-refractivity contribution in [3.05, 3.63) is 30.7 Å². The summed E-state index contributed by atoms with van der Waals surface area (Å²) in [6, 6.07) is 3.69. The number of nitrogens with zero attached hydrogens (tertiary/aromatic N) is 4. The Morgan fingerprint density at radius 1 is 1.50 bits per heavy atom. The van der Waals surface area contributed by atoms with Gasteiger partial charge < -0.3 is 5.32 Å². The van der Waals surface area contributed by atoms with Crippen LogP contribution >= 0.6 is 0 Å². The highest BCUT2D eigenvalue weighted by Gasteiger charge is 1.97. The van der Waals surface area contributed by atoms with E-state index in [0.717, 1.165) is 18.1 Å². The largest absolute Gasteiger partial charge is 0.336 e. The molecule has 0 saturated heterocycles. The standard InChI is InChI=1S/C9H11N5/c1-2-14-7-8(6-11-14)12-9-4-3-5-10-13-9/h3-7H,2H2,1H3,(H,12,13). The molecule has 0 fully saturated rings. The molecule has 0 unspecified atom stereocenters. The molecule has 2 rings (SSSR count). The third kappa shape index (κ3) is 1.87. The lowest BCUT2D eigenvalue weighted by Gasteiger charge is -1.99. The Morgan fingerprint density at radius 2 is 2.43 bits per heavy atom. The Hall–Kier alpha value is -1.91. The number of nitrogens with one attached hydrogen (secondary N) is 1. The van der Waals surface area contributed by atoms with Crippen LogP contribution in [0.15, 0.2) is 30.7 Å². The maximum atomic E-state index is 4.14. The molecule has 0 aliphatic carbocycles. The predicted octanol–water partition coefficient (Wildman–Crippen LogP) is 1.44. The fourth-order valence-electron chi connectivity index (χ4n) is 1.12. The maximum Gasteiger partial charge on any atom is 0.153 e. The van der Waals surface area contributed by atoms with Gasteiger partial charge in [0.1, 0.15) is 0 Å². The second-order valence-electron chi connectivity index (χ2n) is 2.82. The van der Waals surface area contributed by atoms with Gasteiger partial charge in [-0.2, -0.15) is 10.2 Å². The van der Waals surface area contributed by atoms with Crippen molar-refractivity contribution in [1.29, 1.82) is 0 Å². The molecule has 0 aliphatic heterocycles. The van der Waals surface area contributed by atoms with Crippen molar-refractivity contribution in [2.75, 3.05) is 5.32 Å². The van der Waals surface area contributed by atoms with Crippen LogP contribution in [0, 0.1) is 0 Å². The third-order valence-corrected chi connectivity index (χ3v) is 1.80. The Labute approximate surface area is 81.8 Å². The van der Waals surface area contributed by atoms with Crippen LogP contribution in [0.3, 0.4) is 0 Å². The second kappa shape index (κ2) is 3.87. The van der Waals surface area contributed by atoms with Gasteiger partial charge in [0, 0.05) is 18.9 Å². The van der Waals surface area contributed by atoms with Gasteiger partial charge in [0.2, 0.25) is 0 Å². The number of aryl methyl sites for hydroxylation is 1. The Balaban J connectivity index is 2.11.